The van der Waals surface area contributed by atoms with Crippen LogP contribution in [0, 0.1) is 0 Å². The normalized spacial score (nSPS) is 19.1. The van der Waals surface area contributed by atoms with E-state index in [-0.39, 0.29) is 18.6 Å². The Hall–Kier alpha value is -3.73. The van der Waals surface area contributed by atoms with Gasteiger partial charge < -0.3 is 15.4 Å². The molecule has 2 atom stereocenters. The van der Waals surface area contributed by atoms with Gasteiger partial charge in [0.15, 0.2) is 0 Å². The second-order valence-electron chi connectivity index (χ2n) is 8.34. The van der Waals surface area contributed by atoms with Crippen molar-refractivity contribution in [3.8, 4) is 0 Å². The Morgan fingerprint density at radius 3 is 2.65 bits per heavy atom. The summed E-state index contributed by atoms with van der Waals surface area (Å²) in [6.07, 6.45) is -2.03. The number of nitrogens with zero attached hydrogens (tertiary/aromatic N) is 5. The lowest BCUT2D eigenvalue weighted by Gasteiger charge is -2.40. The molecule has 0 saturated carbocycles. The van der Waals surface area contributed by atoms with Crippen LogP contribution in [0.15, 0.2) is 42.7 Å². The van der Waals surface area contributed by atoms with Gasteiger partial charge in [-0.1, -0.05) is 0 Å². The zero-order chi connectivity index (χ0) is 24.2. The molecule has 4 heterocycles. The lowest BCUT2D eigenvalue weighted by molar-refractivity contribution is -0.137. The molecule has 0 unspecified atom stereocenters. The Morgan fingerprint density at radius 1 is 1.15 bits per heavy atom. The number of hydrogen-bond acceptors (Lipinski definition) is 6. The molecule has 4 aromatic rings. The van der Waals surface area contributed by atoms with E-state index in [0.717, 1.165) is 23.0 Å². The minimum atomic E-state index is -4.49. The summed E-state index contributed by atoms with van der Waals surface area (Å²) in [6, 6.07) is 6.46. The first-order chi connectivity index (χ1) is 16.1. The fourth-order valence-corrected chi connectivity index (χ4v) is 4.41. The summed E-state index contributed by atoms with van der Waals surface area (Å²) in [5.41, 5.74) is 7.28. The van der Waals surface area contributed by atoms with Gasteiger partial charge in [-0.05, 0) is 37.3 Å². The van der Waals surface area contributed by atoms with E-state index >= 15 is 0 Å². The Morgan fingerprint density at radius 2 is 1.94 bits per heavy atom. The average molecular weight is 470 g/mol. The first-order valence-electron chi connectivity index (χ1n) is 10.6. The predicted molar refractivity (Wildman–Crippen MR) is 119 cm³/mol. The maximum atomic E-state index is 13.7. The topological polar surface area (TPSA) is 99.2 Å². The van der Waals surface area contributed by atoms with Crippen molar-refractivity contribution in [1.82, 2.24) is 24.6 Å². The molecular formula is C23H21F3N6O2. The SMILES string of the molecule is C[C@@H]1COC[C@H](c2ccc(C(F)(F)F)cn2)N1C(=O)c1ccc2nc(N)c3c(cnn3C)c2c1. The van der Waals surface area contributed by atoms with Gasteiger partial charge >= 0.3 is 6.18 Å². The number of morpholine rings is 1. The molecule has 34 heavy (non-hydrogen) atoms. The summed E-state index contributed by atoms with van der Waals surface area (Å²) in [7, 11) is 1.76. The van der Waals surface area contributed by atoms with E-state index in [9.17, 15) is 18.0 Å². The third kappa shape index (κ3) is 3.61. The van der Waals surface area contributed by atoms with Gasteiger partial charge in [0.05, 0.1) is 48.3 Å². The Bertz CT molecular complexity index is 1400. The molecule has 0 bridgehead atoms. The van der Waals surface area contributed by atoms with Crippen LogP contribution >= 0.6 is 0 Å². The average Bonchev–Trinajstić information content (AvgIpc) is 3.20. The van der Waals surface area contributed by atoms with Gasteiger partial charge in [0, 0.05) is 29.6 Å². The molecule has 1 saturated heterocycles. The Kier molecular flexibility index (Phi) is 5.16. The molecular weight excluding hydrogens is 449 g/mol. The molecule has 0 radical (unpaired) electrons. The fraction of sp³-hybridized carbons (Fsp3) is 0.304. The molecule has 0 aliphatic carbocycles. The fourth-order valence-electron chi connectivity index (χ4n) is 4.41. The number of nitrogen functional groups attached to an aromatic ring is 1. The van der Waals surface area contributed by atoms with Crippen molar-refractivity contribution in [3.05, 3.63) is 59.5 Å². The zero-order valence-corrected chi connectivity index (χ0v) is 18.4. The number of fused-ring (bicyclic) bond motifs is 3. The van der Waals surface area contributed by atoms with E-state index in [0.29, 0.717) is 34.7 Å². The Labute approximate surface area is 192 Å². The monoisotopic (exact) mass is 470 g/mol. The van der Waals surface area contributed by atoms with E-state index in [2.05, 4.69) is 15.1 Å². The van der Waals surface area contributed by atoms with E-state index in [1.165, 1.54) is 6.07 Å². The van der Waals surface area contributed by atoms with Gasteiger partial charge in [-0.25, -0.2) is 4.98 Å². The zero-order valence-electron chi connectivity index (χ0n) is 18.4. The number of anilines is 1. The van der Waals surface area contributed by atoms with Gasteiger partial charge in [0.1, 0.15) is 11.3 Å². The molecule has 8 nitrogen and oxygen atoms in total. The number of halogens is 3. The van der Waals surface area contributed by atoms with Crippen LogP contribution in [0.3, 0.4) is 0 Å². The van der Waals surface area contributed by atoms with Crippen LogP contribution in [-0.4, -0.2) is 49.8 Å². The van der Waals surface area contributed by atoms with Gasteiger partial charge in [-0.15, -0.1) is 0 Å². The van der Waals surface area contributed by atoms with Gasteiger partial charge in [0.2, 0.25) is 0 Å². The quantitative estimate of drug-likeness (QED) is 0.480. The molecule has 1 aromatic carbocycles. The number of aromatic nitrogens is 4. The standard InChI is InChI=1S/C23H21F3N6O2/c1-12-10-34-11-19(18-6-4-14(8-28-18)23(24,25)26)32(12)22(33)13-3-5-17-15(7-13)16-9-29-31(2)20(16)21(27)30-17/h3-9,12,19H,10-11H2,1-2H3,(H2,27,30)/t12-,19-/m1/s1. The van der Waals surface area contributed by atoms with Crippen LogP contribution in [0.2, 0.25) is 0 Å². The summed E-state index contributed by atoms with van der Waals surface area (Å²) >= 11 is 0. The molecule has 1 amide bonds. The molecule has 11 heteroatoms. The molecule has 0 spiro atoms. The van der Waals surface area contributed by atoms with Crippen LogP contribution in [0.25, 0.3) is 21.8 Å². The van der Waals surface area contributed by atoms with Gasteiger partial charge in [-0.3, -0.25) is 14.5 Å². The first-order valence-corrected chi connectivity index (χ1v) is 10.6. The van der Waals surface area contributed by atoms with Crippen molar-refractivity contribution in [2.24, 2.45) is 7.05 Å². The number of hydrogen-bond donors (Lipinski definition) is 1. The van der Waals surface area contributed by atoms with Crippen molar-refractivity contribution < 1.29 is 22.7 Å². The van der Waals surface area contributed by atoms with Crippen LogP contribution in [0.1, 0.15) is 34.6 Å². The number of amides is 1. The molecule has 1 aliphatic heterocycles. The summed E-state index contributed by atoms with van der Waals surface area (Å²) in [4.78, 5) is 23.7. The molecule has 176 valence electrons. The molecule has 1 aliphatic rings. The third-order valence-corrected chi connectivity index (χ3v) is 6.09. The van der Waals surface area contributed by atoms with Crippen molar-refractivity contribution in [3.63, 3.8) is 0 Å². The predicted octanol–water partition coefficient (Wildman–Crippen LogP) is 3.72. The lowest BCUT2D eigenvalue weighted by Crippen LogP contribution is -2.49. The minimum absolute atomic E-state index is 0.132. The number of pyridine rings is 2. The first kappa shape index (κ1) is 22.1. The third-order valence-electron chi connectivity index (χ3n) is 6.09. The van der Waals surface area contributed by atoms with E-state index in [4.69, 9.17) is 10.5 Å². The van der Waals surface area contributed by atoms with E-state index in [1.807, 2.05) is 6.92 Å². The number of alkyl halides is 3. The number of ether oxygens (including phenoxy) is 1. The number of benzene rings is 1. The summed E-state index contributed by atoms with van der Waals surface area (Å²) in [5, 5.41) is 5.76. The summed E-state index contributed by atoms with van der Waals surface area (Å²) < 4.78 is 46.1. The number of carbonyl (C=O) groups excluding carboxylic acids is 1. The van der Waals surface area contributed by atoms with Crippen LogP contribution < -0.4 is 5.73 Å². The van der Waals surface area contributed by atoms with Crippen molar-refractivity contribution in [2.45, 2.75) is 25.2 Å². The molecule has 5 rings (SSSR count). The largest absolute Gasteiger partial charge is 0.417 e. The highest BCUT2D eigenvalue weighted by Gasteiger charge is 2.36. The van der Waals surface area contributed by atoms with Gasteiger partial charge in [-0.2, -0.15) is 18.3 Å². The lowest BCUT2D eigenvalue weighted by atomic mass is 10.0. The highest BCUT2D eigenvalue weighted by molar-refractivity contribution is 6.10. The number of nitrogens with two attached hydrogens (primary N) is 1. The second kappa shape index (κ2) is 7.94. The number of carbonyl (C=O) groups is 1. The highest BCUT2D eigenvalue weighted by atomic mass is 19.4. The summed E-state index contributed by atoms with van der Waals surface area (Å²) in [5.74, 6) is 0.0649. The Balaban J connectivity index is 1.55. The minimum Gasteiger partial charge on any atom is -0.382 e. The van der Waals surface area contributed by atoms with Crippen molar-refractivity contribution >= 4 is 33.5 Å². The maximum Gasteiger partial charge on any atom is 0.417 e. The van der Waals surface area contributed by atoms with Crippen LogP contribution in [0.5, 0.6) is 0 Å². The number of rotatable bonds is 2. The van der Waals surface area contributed by atoms with Gasteiger partial charge in [0.25, 0.3) is 5.91 Å². The van der Waals surface area contributed by atoms with Crippen molar-refractivity contribution in [2.75, 3.05) is 18.9 Å². The van der Waals surface area contributed by atoms with E-state index in [1.54, 1.807) is 41.0 Å². The smallest absolute Gasteiger partial charge is 0.382 e. The summed E-state index contributed by atoms with van der Waals surface area (Å²) in [6.45, 7) is 2.27. The molecule has 2 N–H and O–H groups in total. The second-order valence-corrected chi connectivity index (χ2v) is 8.34. The highest BCUT2D eigenvalue weighted by Crippen LogP contribution is 2.33. The maximum absolute atomic E-state index is 13.7. The number of aryl methyl sites for hydroxylation is 1. The van der Waals surface area contributed by atoms with E-state index < -0.39 is 17.8 Å². The van der Waals surface area contributed by atoms with Crippen LogP contribution in [-0.2, 0) is 18.0 Å². The molecule has 1 fully saturated rings. The molecule has 3 aromatic heterocycles. The van der Waals surface area contributed by atoms with Crippen LogP contribution in [0.4, 0.5) is 19.0 Å². The van der Waals surface area contributed by atoms with Crippen molar-refractivity contribution in [1.29, 1.82) is 0 Å².